The van der Waals surface area contributed by atoms with Crippen LogP contribution in [0, 0.1) is 0 Å². The molecule has 0 radical (unpaired) electrons. The zero-order valence-electron chi connectivity index (χ0n) is 11.7. The van der Waals surface area contributed by atoms with E-state index in [1.54, 1.807) is 11.3 Å². The van der Waals surface area contributed by atoms with Gasteiger partial charge in [-0.2, -0.15) is 0 Å². The Hall–Kier alpha value is -1.55. The summed E-state index contributed by atoms with van der Waals surface area (Å²) in [6.07, 6.45) is 0. The summed E-state index contributed by atoms with van der Waals surface area (Å²) in [5, 5.41) is 7.28. The molecule has 0 aliphatic carbocycles. The van der Waals surface area contributed by atoms with Crippen LogP contribution in [0.25, 0.3) is 10.1 Å². The van der Waals surface area contributed by atoms with Crippen LogP contribution in [0.15, 0.2) is 47.8 Å². The number of fused-ring (bicyclic) bond motifs is 1. The highest BCUT2D eigenvalue weighted by molar-refractivity contribution is 7.17. The minimum Gasteiger partial charge on any atom is -0.488 e. The highest BCUT2D eigenvalue weighted by Gasteiger charge is 2.09. The van der Waals surface area contributed by atoms with Gasteiger partial charge >= 0.3 is 0 Å². The molecule has 1 heterocycles. The molecule has 0 amide bonds. The molecule has 0 saturated heterocycles. The Morgan fingerprint density at radius 1 is 1.14 bits per heavy atom. The number of hydrogen-bond acceptors (Lipinski definition) is 3. The molecule has 0 aliphatic heterocycles. The van der Waals surface area contributed by atoms with Gasteiger partial charge in [0.2, 0.25) is 0 Å². The molecule has 3 aromatic rings. The van der Waals surface area contributed by atoms with E-state index in [9.17, 15) is 0 Å². The summed E-state index contributed by atoms with van der Waals surface area (Å²) in [5.74, 6) is 0.840. The van der Waals surface area contributed by atoms with Crippen LogP contribution in [0.1, 0.15) is 11.1 Å². The first-order valence-corrected chi connectivity index (χ1v) is 8.05. The molecule has 0 saturated carbocycles. The second kappa shape index (κ2) is 6.48. The lowest BCUT2D eigenvalue weighted by molar-refractivity contribution is 0.304. The minimum atomic E-state index is 0.557. The van der Waals surface area contributed by atoms with E-state index in [-0.39, 0.29) is 0 Å². The summed E-state index contributed by atoms with van der Waals surface area (Å²) >= 11 is 7.99. The molecule has 4 heteroatoms. The first kappa shape index (κ1) is 14.4. The number of benzene rings is 2. The fraction of sp³-hybridized carbons (Fsp3) is 0.176. The van der Waals surface area contributed by atoms with Crippen molar-refractivity contribution in [3.8, 4) is 5.75 Å². The molecule has 0 spiro atoms. The number of ether oxygens (including phenoxy) is 1. The smallest absolute Gasteiger partial charge is 0.125 e. The van der Waals surface area contributed by atoms with Crippen molar-refractivity contribution in [1.29, 1.82) is 0 Å². The standard InChI is InChI=1S/C17H16ClNOS/c1-19-9-14-15(18)6-4-7-16(14)20-10-12-11-21-17-8-3-2-5-13(12)17/h2-8,11,19H,9-10H2,1H3. The average Bonchev–Trinajstić information content (AvgIpc) is 2.91. The Bertz CT molecular complexity index is 753. The first-order chi connectivity index (χ1) is 10.3. The van der Waals surface area contributed by atoms with Crippen molar-refractivity contribution in [2.45, 2.75) is 13.2 Å². The van der Waals surface area contributed by atoms with Crippen molar-refractivity contribution >= 4 is 33.0 Å². The summed E-state index contributed by atoms with van der Waals surface area (Å²) in [5.41, 5.74) is 2.21. The lowest BCUT2D eigenvalue weighted by atomic mass is 10.2. The van der Waals surface area contributed by atoms with Crippen molar-refractivity contribution in [3.05, 3.63) is 64.0 Å². The second-order valence-corrected chi connectivity index (χ2v) is 6.11. The van der Waals surface area contributed by atoms with E-state index in [0.717, 1.165) is 16.3 Å². The van der Waals surface area contributed by atoms with Gasteiger partial charge in [-0.05, 0) is 36.0 Å². The Labute approximate surface area is 133 Å². The molecule has 2 aromatic carbocycles. The van der Waals surface area contributed by atoms with Crippen LogP contribution in [0.5, 0.6) is 5.75 Å². The van der Waals surface area contributed by atoms with E-state index in [2.05, 4.69) is 35.0 Å². The zero-order chi connectivity index (χ0) is 14.7. The predicted molar refractivity (Wildman–Crippen MR) is 90.4 cm³/mol. The van der Waals surface area contributed by atoms with E-state index >= 15 is 0 Å². The number of thiophene rings is 1. The van der Waals surface area contributed by atoms with Crippen LogP contribution in [0.2, 0.25) is 5.02 Å². The van der Waals surface area contributed by atoms with Crippen LogP contribution in [-0.4, -0.2) is 7.05 Å². The van der Waals surface area contributed by atoms with Crippen molar-refractivity contribution in [2.75, 3.05) is 7.05 Å². The third-order valence-corrected chi connectivity index (χ3v) is 4.74. The summed E-state index contributed by atoms with van der Waals surface area (Å²) in [6.45, 7) is 1.25. The summed E-state index contributed by atoms with van der Waals surface area (Å²) in [6, 6.07) is 14.2. The molecule has 1 N–H and O–H groups in total. The largest absolute Gasteiger partial charge is 0.488 e. The van der Waals surface area contributed by atoms with Gasteiger partial charge in [-0.1, -0.05) is 35.9 Å². The first-order valence-electron chi connectivity index (χ1n) is 6.79. The third-order valence-electron chi connectivity index (χ3n) is 3.37. The maximum Gasteiger partial charge on any atom is 0.125 e. The SMILES string of the molecule is CNCc1c(Cl)cccc1OCc1csc2ccccc12. The quantitative estimate of drug-likeness (QED) is 0.726. The monoisotopic (exact) mass is 317 g/mol. The van der Waals surface area contributed by atoms with E-state index in [1.165, 1.54) is 15.6 Å². The van der Waals surface area contributed by atoms with Gasteiger partial charge in [0, 0.05) is 27.4 Å². The molecule has 21 heavy (non-hydrogen) atoms. The van der Waals surface area contributed by atoms with Crippen LogP contribution in [-0.2, 0) is 13.2 Å². The molecule has 0 unspecified atom stereocenters. The molecule has 2 nitrogen and oxygen atoms in total. The maximum absolute atomic E-state index is 6.25. The Kier molecular flexibility index (Phi) is 4.44. The van der Waals surface area contributed by atoms with Crippen molar-refractivity contribution < 1.29 is 4.74 Å². The zero-order valence-corrected chi connectivity index (χ0v) is 13.3. The van der Waals surface area contributed by atoms with Gasteiger partial charge in [-0.25, -0.2) is 0 Å². The summed E-state index contributed by atoms with van der Waals surface area (Å²) in [7, 11) is 1.90. The lowest BCUT2D eigenvalue weighted by Crippen LogP contribution is -2.08. The number of nitrogens with one attached hydrogen (secondary N) is 1. The molecule has 0 fully saturated rings. The molecule has 0 aliphatic rings. The molecule has 1 aromatic heterocycles. The van der Waals surface area contributed by atoms with Gasteiger partial charge in [0.05, 0.1) is 0 Å². The van der Waals surface area contributed by atoms with Crippen molar-refractivity contribution in [3.63, 3.8) is 0 Å². The average molecular weight is 318 g/mol. The lowest BCUT2D eigenvalue weighted by Gasteiger charge is -2.12. The van der Waals surface area contributed by atoms with Crippen LogP contribution in [0.4, 0.5) is 0 Å². The van der Waals surface area contributed by atoms with Gasteiger partial charge < -0.3 is 10.1 Å². The molecule has 108 valence electrons. The number of hydrogen-bond donors (Lipinski definition) is 1. The fourth-order valence-corrected chi connectivity index (χ4v) is 3.50. The topological polar surface area (TPSA) is 21.3 Å². The van der Waals surface area contributed by atoms with Gasteiger partial charge in [-0.15, -0.1) is 11.3 Å². The Morgan fingerprint density at radius 3 is 2.86 bits per heavy atom. The predicted octanol–water partition coefficient (Wildman–Crippen LogP) is 4.85. The summed E-state index contributed by atoms with van der Waals surface area (Å²) in [4.78, 5) is 0. The molecule has 0 bridgehead atoms. The normalized spacial score (nSPS) is 11.0. The van der Waals surface area contributed by atoms with E-state index in [1.807, 2.05) is 25.2 Å². The van der Waals surface area contributed by atoms with Gasteiger partial charge in [0.1, 0.15) is 12.4 Å². The van der Waals surface area contributed by atoms with Crippen molar-refractivity contribution in [2.24, 2.45) is 0 Å². The van der Waals surface area contributed by atoms with Gasteiger partial charge in [-0.3, -0.25) is 0 Å². The van der Waals surface area contributed by atoms with E-state index in [0.29, 0.717) is 13.2 Å². The molecular weight excluding hydrogens is 302 g/mol. The number of rotatable bonds is 5. The van der Waals surface area contributed by atoms with Crippen molar-refractivity contribution in [1.82, 2.24) is 5.32 Å². The van der Waals surface area contributed by atoms with Gasteiger partial charge in [0.15, 0.2) is 0 Å². The van der Waals surface area contributed by atoms with Crippen LogP contribution < -0.4 is 10.1 Å². The highest BCUT2D eigenvalue weighted by Crippen LogP contribution is 2.30. The Morgan fingerprint density at radius 2 is 2.00 bits per heavy atom. The van der Waals surface area contributed by atoms with Crippen LogP contribution in [0.3, 0.4) is 0 Å². The molecule has 0 atom stereocenters. The molecular formula is C17H16ClNOS. The van der Waals surface area contributed by atoms with E-state index in [4.69, 9.17) is 16.3 Å². The number of halogens is 1. The van der Waals surface area contributed by atoms with E-state index < -0.39 is 0 Å². The highest BCUT2D eigenvalue weighted by atomic mass is 35.5. The Balaban J connectivity index is 1.83. The third kappa shape index (κ3) is 3.05. The summed E-state index contributed by atoms with van der Waals surface area (Å²) < 4.78 is 7.29. The maximum atomic E-state index is 6.25. The van der Waals surface area contributed by atoms with Gasteiger partial charge in [0.25, 0.3) is 0 Å². The molecule has 3 rings (SSSR count). The minimum absolute atomic E-state index is 0.557. The van der Waals surface area contributed by atoms with Crippen LogP contribution >= 0.6 is 22.9 Å². The fourth-order valence-electron chi connectivity index (χ4n) is 2.32. The second-order valence-electron chi connectivity index (χ2n) is 4.79.